The molecule has 0 saturated carbocycles. The van der Waals surface area contributed by atoms with Gasteiger partial charge in [0.2, 0.25) is 11.7 Å². The molecule has 0 bridgehead atoms. The Balaban J connectivity index is 0.000000554. The highest BCUT2D eigenvalue weighted by atomic mass is 35.5. The van der Waals surface area contributed by atoms with Crippen molar-refractivity contribution in [1.29, 1.82) is 0 Å². The smallest absolute Gasteiger partial charge is 0.293 e. The number of aliphatic imine (C=N–C) groups is 1. The summed E-state index contributed by atoms with van der Waals surface area (Å²) in [5.74, 6) is 0.507. The number of methoxy groups -OCH3 is 1. The molecule has 0 aliphatic rings. The number of carbonyl (C=O) groups excluding carboxylic acids is 3. The van der Waals surface area contributed by atoms with Gasteiger partial charge in [0.15, 0.2) is 0 Å². The van der Waals surface area contributed by atoms with Gasteiger partial charge in [0.05, 0.1) is 24.7 Å². The van der Waals surface area contributed by atoms with Crippen LogP contribution in [-0.2, 0) is 20.7 Å². The molecule has 0 radical (unpaired) electrons. The van der Waals surface area contributed by atoms with Gasteiger partial charge in [0.1, 0.15) is 11.4 Å². The maximum Gasteiger partial charge on any atom is 0.293 e. The van der Waals surface area contributed by atoms with Gasteiger partial charge in [-0.15, -0.1) is 11.3 Å². The number of carbonyl (C=O) groups is 3. The van der Waals surface area contributed by atoms with Crippen LogP contribution in [0.2, 0.25) is 5.02 Å². The molecule has 3 N–H and O–H groups in total. The van der Waals surface area contributed by atoms with Gasteiger partial charge in [-0.2, -0.15) is 0 Å². The Labute approximate surface area is 232 Å². The molecule has 1 aromatic heterocycles. The summed E-state index contributed by atoms with van der Waals surface area (Å²) in [6.07, 6.45) is 1.46. The number of nitrogens with two attached hydrogens (primary N) is 1. The molecular weight excluding hydrogens is 526 g/mol. The Morgan fingerprint density at radius 3 is 2.11 bits per heavy atom. The van der Waals surface area contributed by atoms with Crippen LogP contribution < -0.4 is 15.8 Å². The number of thiophene rings is 1. The van der Waals surface area contributed by atoms with Crippen LogP contribution >= 0.6 is 22.9 Å². The SMILES string of the molecule is CC(C)(C)OC=O.CN=CN.CNC(=O)Cc1cc(C(=O)c2ccc(OC)cc2)sc1-c1ccc(Cl)cc1. The molecule has 0 spiro atoms. The summed E-state index contributed by atoms with van der Waals surface area (Å²) in [6.45, 7) is 5.92. The lowest BCUT2D eigenvalue weighted by Gasteiger charge is -2.14. The number of amides is 1. The largest absolute Gasteiger partial charge is 0.497 e. The van der Waals surface area contributed by atoms with Crippen LogP contribution in [0.4, 0.5) is 0 Å². The first-order valence-corrected chi connectivity index (χ1v) is 12.7. The zero-order valence-corrected chi connectivity index (χ0v) is 24.0. The van der Waals surface area contributed by atoms with E-state index in [9.17, 15) is 14.4 Å². The van der Waals surface area contributed by atoms with E-state index in [-0.39, 0.29) is 23.7 Å². The first-order valence-electron chi connectivity index (χ1n) is 11.5. The molecule has 2 aromatic carbocycles. The molecule has 8 nitrogen and oxygen atoms in total. The maximum absolute atomic E-state index is 12.9. The van der Waals surface area contributed by atoms with Gasteiger partial charge in [-0.05, 0) is 74.4 Å². The fraction of sp³-hybridized carbons (Fsp3) is 0.286. The van der Waals surface area contributed by atoms with E-state index in [4.69, 9.17) is 22.1 Å². The Morgan fingerprint density at radius 2 is 1.68 bits per heavy atom. The van der Waals surface area contributed by atoms with Gasteiger partial charge in [-0.3, -0.25) is 19.4 Å². The van der Waals surface area contributed by atoms with E-state index < -0.39 is 0 Å². The van der Waals surface area contributed by atoms with Gasteiger partial charge >= 0.3 is 0 Å². The molecule has 0 aliphatic heterocycles. The van der Waals surface area contributed by atoms with E-state index in [1.165, 1.54) is 17.7 Å². The molecule has 0 fully saturated rings. The Bertz CT molecular complexity index is 1200. The summed E-state index contributed by atoms with van der Waals surface area (Å²) in [5.41, 5.74) is 6.74. The number of halogens is 1. The average molecular weight is 560 g/mol. The quantitative estimate of drug-likeness (QED) is 0.179. The van der Waals surface area contributed by atoms with Crippen molar-refractivity contribution >= 4 is 47.4 Å². The predicted molar refractivity (Wildman–Crippen MR) is 154 cm³/mol. The highest BCUT2D eigenvalue weighted by Gasteiger charge is 2.19. The number of benzene rings is 2. The van der Waals surface area contributed by atoms with Crippen molar-refractivity contribution in [2.75, 3.05) is 21.2 Å². The molecule has 0 unspecified atom stereocenters. The lowest BCUT2D eigenvalue weighted by Crippen LogP contribution is -2.19. The molecule has 0 aliphatic carbocycles. The van der Waals surface area contributed by atoms with Crippen LogP contribution in [0, 0.1) is 0 Å². The second kappa shape index (κ2) is 16.2. The maximum atomic E-state index is 12.9. The summed E-state index contributed by atoms with van der Waals surface area (Å²) in [5, 5.41) is 3.27. The third kappa shape index (κ3) is 11.1. The minimum absolute atomic E-state index is 0.0824. The topological polar surface area (TPSA) is 120 Å². The molecule has 38 heavy (non-hydrogen) atoms. The van der Waals surface area contributed by atoms with Crippen molar-refractivity contribution in [2.45, 2.75) is 32.8 Å². The van der Waals surface area contributed by atoms with Crippen molar-refractivity contribution in [2.24, 2.45) is 10.7 Å². The molecule has 204 valence electrons. The zero-order valence-electron chi connectivity index (χ0n) is 22.4. The van der Waals surface area contributed by atoms with Crippen LogP contribution in [-0.4, -0.2) is 51.3 Å². The van der Waals surface area contributed by atoms with Crippen LogP contribution in [0.15, 0.2) is 59.6 Å². The number of likely N-dealkylation sites (N-methyl/N-ethyl adjacent to an activating group) is 1. The molecule has 0 atom stereocenters. The number of rotatable bonds is 7. The van der Waals surface area contributed by atoms with Gasteiger partial charge in [-0.25, -0.2) is 0 Å². The van der Waals surface area contributed by atoms with Gasteiger partial charge in [0.25, 0.3) is 6.47 Å². The molecule has 3 rings (SSSR count). The van der Waals surface area contributed by atoms with Crippen molar-refractivity contribution in [3.63, 3.8) is 0 Å². The minimum atomic E-state index is -0.318. The number of hydrogen-bond donors (Lipinski definition) is 2. The fourth-order valence-corrected chi connectivity index (χ4v) is 4.08. The average Bonchev–Trinajstić information content (AvgIpc) is 3.32. The minimum Gasteiger partial charge on any atom is -0.497 e. The third-order valence-corrected chi connectivity index (χ3v) is 6.15. The van der Waals surface area contributed by atoms with Crippen molar-refractivity contribution < 1.29 is 23.9 Å². The molecule has 1 heterocycles. The number of ketones is 1. The monoisotopic (exact) mass is 559 g/mol. The summed E-state index contributed by atoms with van der Waals surface area (Å²) in [6, 6.07) is 16.2. The van der Waals surface area contributed by atoms with Crippen LogP contribution in [0.1, 0.15) is 41.6 Å². The first kappa shape index (κ1) is 32.3. The fourth-order valence-electron chi connectivity index (χ4n) is 2.81. The van der Waals surface area contributed by atoms with Crippen molar-refractivity contribution in [1.82, 2.24) is 5.32 Å². The second-order valence-electron chi connectivity index (χ2n) is 8.61. The Hall–Kier alpha value is -3.69. The number of nitrogens with zero attached hydrogens (tertiary/aromatic N) is 1. The molecule has 10 heteroatoms. The van der Waals surface area contributed by atoms with Crippen LogP contribution in [0.3, 0.4) is 0 Å². The normalized spacial score (nSPS) is 10.4. The van der Waals surface area contributed by atoms with Crippen LogP contribution in [0.5, 0.6) is 5.75 Å². The number of hydrogen-bond acceptors (Lipinski definition) is 7. The van der Waals surface area contributed by atoms with E-state index in [1.54, 1.807) is 63.7 Å². The molecule has 0 saturated heterocycles. The zero-order chi connectivity index (χ0) is 28.7. The summed E-state index contributed by atoms with van der Waals surface area (Å²) in [7, 11) is 4.81. The number of ether oxygens (including phenoxy) is 2. The highest BCUT2D eigenvalue weighted by molar-refractivity contribution is 7.17. The first-order chi connectivity index (χ1) is 18.0. The van der Waals surface area contributed by atoms with Crippen LogP contribution in [0.25, 0.3) is 10.4 Å². The predicted octanol–water partition coefficient (Wildman–Crippen LogP) is 5.16. The van der Waals surface area contributed by atoms with Crippen molar-refractivity contribution in [3.8, 4) is 16.2 Å². The van der Waals surface area contributed by atoms with Gasteiger partial charge < -0.3 is 20.5 Å². The summed E-state index contributed by atoms with van der Waals surface area (Å²) in [4.78, 5) is 39.3. The van der Waals surface area contributed by atoms with E-state index in [0.29, 0.717) is 27.7 Å². The van der Waals surface area contributed by atoms with E-state index in [0.717, 1.165) is 16.0 Å². The number of nitrogens with one attached hydrogen (secondary N) is 1. The molecule has 3 aromatic rings. The molecule has 1 amide bonds. The van der Waals surface area contributed by atoms with E-state index >= 15 is 0 Å². The molecular formula is C28H34ClN3O5S. The standard InChI is InChI=1S/C21H18ClNO3S.C5H10O2.C2H6N2/c1-23-19(24)12-15-11-18(20(25)13-5-9-17(26-2)10-6-13)27-21(15)14-3-7-16(22)8-4-14;1-5(2,3)7-4-6;1-4-2-3/h3-11H,12H2,1-2H3,(H,23,24);4H,1-3H3;2H,1H3,(H2,3,4). The highest BCUT2D eigenvalue weighted by Crippen LogP contribution is 2.35. The van der Waals surface area contributed by atoms with E-state index in [2.05, 4.69) is 15.0 Å². The van der Waals surface area contributed by atoms with E-state index in [1.807, 2.05) is 32.9 Å². The van der Waals surface area contributed by atoms with Gasteiger partial charge in [-0.1, -0.05) is 23.7 Å². The third-order valence-electron chi connectivity index (χ3n) is 4.67. The Kier molecular flexibility index (Phi) is 13.8. The lowest BCUT2D eigenvalue weighted by atomic mass is 10.0. The van der Waals surface area contributed by atoms with Gasteiger partial charge in [0, 0.05) is 29.6 Å². The Morgan fingerprint density at radius 1 is 1.11 bits per heavy atom. The second-order valence-corrected chi connectivity index (χ2v) is 10.1. The summed E-state index contributed by atoms with van der Waals surface area (Å²) < 4.78 is 9.69. The summed E-state index contributed by atoms with van der Waals surface area (Å²) >= 11 is 7.36. The lowest BCUT2D eigenvalue weighted by molar-refractivity contribution is -0.138. The van der Waals surface area contributed by atoms with Crippen molar-refractivity contribution in [3.05, 3.63) is 75.6 Å².